The minimum absolute atomic E-state index is 0.156. The number of likely N-dealkylation sites (tertiary alicyclic amines) is 1. The van der Waals surface area contributed by atoms with Gasteiger partial charge in [-0.15, -0.1) is 0 Å². The summed E-state index contributed by atoms with van der Waals surface area (Å²) in [5.41, 5.74) is 10.9. The highest BCUT2D eigenvalue weighted by Crippen LogP contribution is 2.33. The molecule has 1 aromatic heterocycles. The molecule has 0 amide bonds. The van der Waals surface area contributed by atoms with E-state index in [9.17, 15) is 0 Å². The van der Waals surface area contributed by atoms with Gasteiger partial charge in [-0.05, 0) is 44.0 Å². The first-order valence-corrected chi connectivity index (χ1v) is 11.1. The predicted octanol–water partition coefficient (Wildman–Crippen LogP) is 3.19. The quantitative estimate of drug-likeness (QED) is 0.654. The minimum Gasteiger partial charge on any atom is -0.458 e. The van der Waals surface area contributed by atoms with Crippen LogP contribution in [0.3, 0.4) is 0 Å². The van der Waals surface area contributed by atoms with E-state index < -0.39 is 0 Å². The Balaban J connectivity index is 1.55. The minimum atomic E-state index is -0.156. The third-order valence-corrected chi connectivity index (χ3v) is 5.82. The van der Waals surface area contributed by atoms with E-state index in [4.69, 9.17) is 20.2 Å². The van der Waals surface area contributed by atoms with Crippen molar-refractivity contribution in [2.75, 3.05) is 44.0 Å². The van der Waals surface area contributed by atoms with Gasteiger partial charge in [0.25, 0.3) is 0 Å². The summed E-state index contributed by atoms with van der Waals surface area (Å²) in [6.45, 7) is 11.5. The van der Waals surface area contributed by atoms with Gasteiger partial charge in [-0.25, -0.2) is 0 Å². The average Bonchev–Trinajstić information content (AvgIpc) is 3.22. The smallest absolute Gasteiger partial charge is 0.320 e. The van der Waals surface area contributed by atoms with Gasteiger partial charge in [0.2, 0.25) is 0 Å². The molecule has 0 aliphatic carbocycles. The van der Waals surface area contributed by atoms with Crippen LogP contribution in [0, 0.1) is 0 Å². The molecule has 7 nitrogen and oxygen atoms in total. The van der Waals surface area contributed by atoms with Gasteiger partial charge in [-0.2, -0.15) is 9.97 Å². The molecule has 2 aliphatic rings. The van der Waals surface area contributed by atoms with Crippen LogP contribution in [0.25, 0.3) is 0 Å². The number of nitrogen functional groups attached to an aromatic ring is 1. The first-order valence-electron chi connectivity index (χ1n) is 11.1. The van der Waals surface area contributed by atoms with E-state index in [-0.39, 0.29) is 6.10 Å². The van der Waals surface area contributed by atoms with Crippen LogP contribution in [0.1, 0.15) is 36.5 Å². The van der Waals surface area contributed by atoms with E-state index in [1.807, 2.05) is 6.92 Å². The fourth-order valence-corrected chi connectivity index (χ4v) is 4.43. The zero-order valence-corrected chi connectivity index (χ0v) is 18.6. The molecule has 0 unspecified atom stereocenters. The van der Waals surface area contributed by atoms with E-state index in [2.05, 4.69) is 45.6 Å². The highest BCUT2D eigenvalue weighted by atomic mass is 16.5. The summed E-state index contributed by atoms with van der Waals surface area (Å²) in [4.78, 5) is 13.8. The van der Waals surface area contributed by atoms with Gasteiger partial charge in [-0.1, -0.05) is 36.4 Å². The molecule has 166 valence electrons. The molecule has 2 aliphatic heterocycles. The lowest BCUT2D eigenvalue weighted by Crippen LogP contribution is -2.32. The van der Waals surface area contributed by atoms with Crippen LogP contribution in [0.15, 0.2) is 36.4 Å². The van der Waals surface area contributed by atoms with E-state index in [1.54, 1.807) is 7.11 Å². The first-order chi connectivity index (χ1) is 15.0. The topological polar surface area (TPSA) is 76.7 Å². The summed E-state index contributed by atoms with van der Waals surface area (Å²) in [5.74, 6) is 1.29. The van der Waals surface area contributed by atoms with E-state index in [0.717, 1.165) is 36.6 Å². The Hall–Kier alpha value is -2.64. The van der Waals surface area contributed by atoms with Crippen molar-refractivity contribution >= 4 is 11.6 Å². The fraction of sp³-hybridized carbons (Fsp3) is 0.500. The molecule has 2 N–H and O–H groups in total. The maximum atomic E-state index is 6.29. The number of aromatic nitrogens is 2. The van der Waals surface area contributed by atoms with Crippen molar-refractivity contribution in [3.63, 3.8) is 0 Å². The Kier molecular flexibility index (Phi) is 6.73. The second-order valence-electron chi connectivity index (χ2n) is 8.66. The number of hydrogen-bond acceptors (Lipinski definition) is 7. The highest BCUT2D eigenvalue weighted by molar-refractivity contribution is 5.62. The Morgan fingerprint density at radius 2 is 1.90 bits per heavy atom. The Morgan fingerprint density at radius 1 is 1.16 bits per heavy atom. The summed E-state index contributed by atoms with van der Waals surface area (Å²) in [6.07, 6.45) is 3.15. The summed E-state index contributed by atoms with van der Waals surface area (Å²) < 4.78 is 11.0. The molecule has 0 radical (unpaired) electrons. The Bertz CT molecular complexity index is 926. The van der Waals surface area contributed by atoms with Gasteiger partial charge in [0, 0.05) is 38.7 Å². The van der Waals surface area contributed by atoms with Crippen molar-refractivity contribution in [2.45, 2.75) is 45.4 Å². The fourth-order valence-electron chi connectivity index (χ4n) is 4.43. The Labute approximate surface area is 184 Å². The van der Waals surface area contributed by atoms with Gasteiger partial charge in [-0.3, -0.25) is 4.90 Å². The van der Waals surface area contributed by atoms with Crippen LogP contribution in [0.4, 0.5) is 11.6 Å². The number of methoxy groups -OCH3 is 1. The summed E-state index contributed by atoms with van der Waals surface area (Å²) in [6, 6.07) is 9.13. The number of hydrogen-bond donors (Lipinski definition) is 1. The van der Waals surface area contributed by atoms with Gasteiger partial charge >= 0.3 is 6.01 Å². The molecule has 0 bridgehead atoms. The number of nitrogens with zero attached hydrogens (tertiary/aromatic N) is 4. The van der Waals surface area contributed by atoms with Crippen LogP contribution < -0.4 is 15.4 Å². The van der Waals surface area contributed by atoms with Gasteiger partial charge < -0.3 is 20.1 Å². The zero-order chi connectivity index (χ0) is 21.8. The molecule has 7 heteroatoms. The molecular weight excluding hydrogens is 390 g/mol. The van der Waals surface area contributed by atoms with Crippen molar-refractivity contribution in [1.82, 2.24) is 14.9 Å². The number of fused-ring (bicyclic) bond motifs is 1. The molecule has 31 heavy (non-hydrogen) atoms. The molecule has 2 aromatic rings. The number of ether oxygens (including phenoxy) is 2. The molecule has 4 rings (SSSR count). The second-order valence-corrected chi connectivity index (χ2v) is 8.66. The van der Waals surface area contributed by atoms with Gasteiger partial charge in [0.05, 0.1) is 6.61 Å². The average molecular weight is 424 g/mol. The van der Waals surface area contributed by atoms with E-state index >= 15 is 0 Å². The Morgan fingerprint density at radius 3 is 2.65 bits per heavy atom. The number of rotatable bonds is 8. The molecule has 1 aromatic carbocycles. The van der Waals surface area contributed by atoms with Gasteiger partial charge in [0.15, 0.2) is 0 Å². The second kappa shape index (κ2) is 9.66. The van der Waals surface area contributed by atoms with Crippen molar-refractivity contribution in [1.29, 1.82) is 0 Å². The zero-order valence-electron chi connectivity index (χ0n) is 18.6. The molecule has 1 saturated heterocycles. The van der Waals surface area contributed by atoms with Crippen LogP contribution >= 0.6 is 0 Å². The third kappa shape index (κ3) is 5.35. The molecule has 0 saturated carbocycles. The summed E-state index contributed by atoms with van der Waals surface area (Å²) in [7, 11) is 1.65. The lowest BCUT2D eigenvalue weighted by molar-refractivity contribution is 0.0856. The van der Waals surface area contributed by atoms with Crippen LogP contribution in [-0.4, -0.2) is 54.3 Å². The standard InChI is InChI=1S/C24H33N5O2/c1-17-11-21-22(25)26-24(31-18(2)16-30-3)27-23(21)29(13-17)15-20-8-6-7-19(12-20)14-28-9-4-5-10-28/h6-8,12,18H,1,4-5,9-11,13-16H2,2-3H3,(H2,25,26,27)/t18-/m1/s1. The number of anilines is 2. The van der Waals surface area contributed by atoms with Crippen molar-refractivity contribution in [3.05, 3.63) is 53.1 Å². The monoisotopic (exact) mass is 423 g/mol. The van der Waals surface area contributed by atoms with E-state index in [0.29, 0.717) is 24.9 Å². The molecule has 3 heterocycles. The maximum absolute atomic E-state index is 6.29. The lowest BCUT2D eigenvalue weighted by Gasteiger charge is -2.32. The molecular formula is C24H33N5O2. The number of nitrogens with two attached hydrogens (primary N) is 1. The normalized spacial score (nSPS) is 17.6. The van der Waals surface area contributed by atoms with Crippen molar-refractivity contribution in [3.8, 4) is 6.01 Å². The highest BCUT2D eigenvalue weighted by Gasteiger charge is 2.25. The number of benzene rings is 1. The van der Waals surface area contributed by atoms with Crippen LogP contribution in [-0.2, 0) is 24.2 Å². The third-order valence-electron chi connectivity index (χ3n) is 5.82. The van der Waals surface area contributed by atoms with Crippen molar-refractivity contribution < 1.29 is 9.47 Å². The summed E-state index contributed by atoms with van der Waals surface area (Å²) in [5, 5.41) is 0. The van der Waals surface area contributed by atoms with Gasteiger partial charge in [0.1, 0.15) is 17.7 Å². The molecule has 1 fully saturated rings. The molecule has 1 atom stereocenters. The predicted molar refractivity (Wildman–Crippen MR) is 123 cm³/mol. The SMILES string of the molecule is C=C1Cc2c(N)nc(O[C@H](C)COC)nc2N(Cc2cccc(CN3CCCC3)c2)C1. The summed E-state index contributed by atoms with van der Waals surface area (Å²) >= 11 is 0. The maximum Gasteiger partial charge on any atom is 0.320 e. The lowest BCUT2D eigenvalue weighted by atomic mass is 10.0. The van der Waals surface area contributed by atoms with Crippen LogP contribution in [0.2, 0.25) is 0 Å². The molecule has 0 spiro atoms. The van der Waals surface area contributed by atoms with E-state index in [1.165, 1.54) is 37.1 Å². The van der Waals surface area contributed by atoms with Crippen molar-refractivity contribution in [2.24, 2.45) is 0 Å². The largest absolute Gasteiger partial charge is 0.458 e. The first kappa shape index (κ1) is 21.6. The van der Waals surface area contributed by atoms with Crippen LogP contribution in [0.5, 0.6) is 6.01 Å².